The van der Waals surface area contributed by atoms with E-state index in [0.717, 1.165) is 11.1 Å². The quantitative estimate of drug-likeness (QED) is 0.613. The van der Waals surface area contributed by atoms with Gasteiger partial charge in [0.1, 0.15) is 11.6 Å². The summed E-state index contributed by atoms with van der Waals surface area (Å²) < 4.78 is 18.1. The van der Waals surface area contributed by atoms with E-state index in [4.69, 9.17) is 16.3 Å². The van der Waals surface area contributed by atoms with E-state index in [1.54, 1.807) is 36.4 Å². The van der Waals surface area contributed by atoms with Crippen LogP contribution < -0.4 is 10.1 Å². The van der Waals surface area contributed by atoms with Gasteiger partial charge in [0.05, 0.1) is 12.8 Å². The Morgan fingerprint density at radius 3 is 2.63 bits per heavy atom. The lowest BCUT2D eigenvalue weighted by Crippen LogP contribution is -2.08. The van der Waals surface area contributed by atoms with Gasteiger partial charge in [0, 0.05) is 23.7 Å². The van der Waals surface area contributed by atoms with E-state index in [1.807, 2.05) is 6.07 Å². The fourth-order valence-corrected chi connectivity index (χ4v) is 2.66. The average Bonchev–Trinajstić information content (AvgIpc) is 2.69. The van der Waals surface area contributed by atoms with Crippen LogP contribution in [0, 0.1) is 5.82 Å². The number of hydrogen-bond acceptors (Lipinski definition) is 5. The Labute approximate surface area is 161 Å². The zero-order chi connectivity index (χ0) is 19.2. The lowest BCUT2D eigenvalue weighted by molar-refractivity contribution is 0.108. The number of carbonyl (C=O) groups is 1. The highest BCUT2D eigenvalue weighted by molar-refractivity contribution is 6.67. The summed E-state index contributed by atoms with van der Waals surface area (Å²) in [5.41, 5.74) is 2.73. The number of aromatic nitrogens is 2. The Balaban J connectivity index is 1.78. The summed E-state index contributed by atoms with van der Waals surface area (Å²) in [6, 6.07) is 15.2. The Hall–Kier alpha value is -2.99. The Morgan fingerprint density at radius 2 is 1.93 bits per heavy atom. The van der Waals surface area contributed by atoms with Crippen molar-refractivity contribution in [3.8, 4) is 17.3 Å². The van der Waals surface area contributed by atoms with Crippen molar-refractivity contribution in [3.63, 3.8) is 0 Å². The molecule has 0 radical (unpaired) electrons. The lowest BCUT2D eigenvalue weighted by atomic mass is 10.1. The molecule has 0 amide bonds. The first-order chi connectivity index (χ1) is 13.0. The van der Waals surface area contributed by atoms with E-state index >= 15 is 0 Å². The molecule has 0 saturated carbocycles. The third kappa shape index (κ3) is 5.01. The Bertz CT molecular complexity index is 948. The minimum atomic E-state index is -0.532. The molecular weight excluding hydrogens is 369 g/mol. The number of nitrogens with zero attached hydrogens (tertiary/aromatic N) is 2. The molecule has 3 rings (SSSR count). The average molecular weight is 386 g/mol. The van der Waals surface area contributed by atoms with E-state index in [-0.39, 0.29) is 11.8 Å². The van der Waals surface area contributed by atoms with Gasteiger partial charge in [-0.1, -0.05) is 30.3 Å². The second-order valence-electron chi connectivity index (χ2n) is 5.78. The van der Waals surface area contributed by atoms with Crippen LogP contribution in [0.25, 0.3) is 11.3 Å². The molecule has 0 fully saturated rings. The molecule has 0 bridgehead atoms. The van der Waals surface area contributed by atoms with Crippen molar-refractivity contribution in [2.45, 2.75) is 6.42 Å². The Kier molecular flexibility index (Phi) is 5.98. The summed E-state index contributed by atoms with van der Waals surface area (Å²) in [4.78, 5) is 20.0. The van der Waals surface area contributed by atoms with Gasteiger partial charge in [-0.05, 0) is 41.8 Å². The van der Waals surface area contributed by atoms with Crippen LogP contribution in [-0.2, 0) is 6.42 Å². The van der Waals surface area contributed by atoms with E-state index in [2.05, 4.69) is 15.3 Å². The predicted octanol–water partition coefficient (Wildman–Crippen LogP) is 4.32. The van der Waals surface area contributed by atoms with Crippen LogP contribution in [0.1, 0.15) is 15.9 Å². The second kappa shape index (κ2) is 8.60. The number of ether oxygens (including phenoxy) is 1. The maximum absolute atomic E-state index is 13.0. The first kappa shape index (κ1) is 18.8. The summed E-state index contributed by atoms with van der Waals surface area (Å²) in [5.74, 6) is 0.330. The molecule has 0 aliphatic heterocycles. The molecule has 1 aromatic heterocycles. The minimum Gasteiger partial charge on any atom is -0.467 e. The highest BCUT2D eigenvalue weighted by Gasteiger charge is 2.09. The van der Waals surface area contributed by atoms with Crippen molar-refractivity contribution in [1.29, 1.82) is 0 Å². The van der Waals surface area contributed by atoms with Crippen LogP contribution in [0.15, 0.2) is 54.6 Å². The van der Waals surface area contributed by atoms with Crippen LogP contribution in [0.4, 0.5) is 10.2 Å². The van der Waals surface area contributed by atoms with E-state index < -0.39 is 5.24 Å². The highest BCUT2D eigenvalue weighted by Crippen LogP contribution is 2.23. The normalized spacial score (nSPS) is 10.5. The number of nitrogens with one attached hydrogen (secondary N) is 1. The molecule has 0 atom stereocenters. The molecule has 1 N–H and O–H groups in total. The van der Waals surface area contributed by atoms with Gasteiger partial charge >= 0.3 is 6.01 Å². The van der Waals surface area contributed by atoms with Gasteiger partial charge in [0.15, 0.2) is 0 Å². The van der Waals surface area contributed by atoms with Crippen molar-refractivity contribution >= 4 is 22.7 Å². The van der Waals surface area contributed by atoms with Gasteiger partial charge in [0.2, 0.25) is 0 Å². The summed E-state index contributed by atoms with van der Waals surface area (Å²) in [7, 11) is 1.49. The van der Waals surface area contributed by atoms with Gasteiger partial charge in [-0.2, -0.15) is 9.97 Å². The van der Waals surface area contributed by atoms with Crippen LogP contribution in [0.5, 0.6) is 6.01 Å². The SMILES string of the molecule is COc1nc(NCCc2ccc(F)cc2)cc(-c2cccc(C(=O)Cl)c2)n1. The largest absolute Gasteiger partial charge is 0.467 e. The van der Waals surface area contributed by atoms with Crippen molar-refractivity contribution in [2.75, 3.05) is 19.0 Å². The number of rotatable bonds is 7. The minimum absolute atomic E-state index is 0.208. The molecule has 1 heterocycles. The molecule has 5 nitrogen and oxygen atoms in total. The van der Waals surface area contributed by atoms with Gasteiger partial charge in [-0.15, -0.1) is 0 Å². The molecule has 0 aliphatic rings. The molecule has 0 aliphatic carbocycles. The third-order valence-corrected chi connectivity index (χ3v) is 4.12. The van der Waals surface area contributed by atoms with Gasteiger partial charge in [0.25, 0.3) is 5.24 Å². The van der Waals surface area contributed by atoms with Crippen molar-refractivity contribution < 1.29 is 13.9 Å². The van der Waals surface area contributed by atoms with Gasteiger partial charge in [-0.25, -0.2) is 4.39 Å². The molecule has 0 unspecified atom stereocenters. The summed E-state index contributed by atoms with van der Waals surface area (Å²) in [6.45, 7) is 0.603. The third-order valence-electron chi connectivity index (χ3n) is 3.91. The van der Waals surface area contributed by atoms with Crippen LogP contribution in [0.3, 0.4) is 0 Å². The van der Waals surface area contributed by atoms with Gasteiger partial charge < -0.3 is 10.1 Å². The highest BCUT2D eigenvalue weighted by atomic mass is 35.5. The molecule has 3 aromatic rings. The maximum Gasteiger partial charge on any atom is 0.318 e. The summed E-state index contributed by atoms with van der Waals surface area (Å²) in [5, 5.41) is 2.68. The molecule has 0 saturated heterocycles. The molecule has 138 valence electrons. The fraction of sp³-hybridized carbons (Fsp3) is 0.150. The van der Waals surface area contributed by atoms with Crippen LogP contribution in [-0.4, -0.2) is 28.9 Å². The maximum atomic E-state index is 13.0. The van der Waals surface area contributed by atoms with E-state index in [9.17, 15) is 9.18 Å². The molecule has 0 spiro atoms. The fourth-order valence-electron chi connectivity index (χ4n) is 2.54. The zero-order valence-corrected chi connectivity index (χ0v) is 15.3. The van der Waals surface area contributed by atoms with E-state index in [1.165, 1.54) is 19.2 Å². The number of carbonyl (C=O) groups excluding carboxylic acids is 1. The molecule has 2 aromatic carbocycles. The summed E-state index contributed by atoms with van der Waals surface area (Å²) >= 11 is 5.56. The predicted molar refractivity (Wildman–Crippen MR) is 103 cm³/mol. The molecule has 7 heteroatoms. The van der Waals surface area contributed by atoms with Gasteiger partial charge in [-0.3, -0.25) is 4.79 Å². The number of methoxy groups -OCH3 is 1. The number of anilines is 1. The van der Waals surface area contributed by atoms with Crippen molar-refractivity contribution in [1.82, 2.24) is 9.97 Å². The standard InChI is InChI=1S/C20H17ClFN3O2/c1-27-20-24-17(14-3-2-4-15(11-14)19(21)26)12-18(25-20)23-10-9-13-5-7-16(22)8-6-13/h2-8,11-12H,9-10H2,1H3,(H,23,24,25). The number of halogens is 2. The second-order valence-corrected chi connectivity index (χ2v) is 6.13. The number of benzene rings is 2. The first-order valence-electron chi connectivity index (χ1n) is 8.27. The first-order valence-corrected chi connectivity index (χ1v) is 8.64. The Morgan fingerprint density at radius 1 is 1.15 bits per heavy atom. The van der Waals surface area contributed by atoms with Crippen LogP contribution >= 0.6 is 11.6 Å². The smallest absolute Gasteiger partial charge is 0.318 e. The molecule has 27 heavy (non-hydrogen) atoms. The zero-order valence-electron chi connectivity index (χ0n) is 14.6. The number of hydrogen-bond donors (Lipinski definition) is 1. The summed E-state index contributed by atoms with van der Waals surface area (Å²) in [6.07, 6.45) is 0.707. The van der Waals surface area contributed by atoms with Crippen molar-refractivity contribution in [2.24, 2.45) is 0 Å². The van der Waals surface area contributed by atoms with Crippen molar-refractivity contribution in [3.05, 3.63) is 71.5 Å². The molecular formula is C20H17ClFN3O2. The monoisotopic (exact) mass is 385 g/mol. The topological polar surface area (TPSA) is 64.1 Å². The lowest BCUT2D eigenvalue weighted by Gasteiger charge is -2.10. The van der Waals surface area contributed by atoms with E-state index in [0.29, 0.717) is 30.0 Å². The van der Waals surface area contributed by atoms with Crippen LogP contribution in [0.2, 0.25) is 0 Å².